The van der Waals surface area contributed by atoms with E-state index in [4.69, 9.17) is 11.6 Å². The minimum absolute atomic E-state index is 0.399. The van der Waals surface area contributed by atoms with Gasteiger partial charge in [0.1, 0.15) is 11.0 Å². The summed E-state index contributed by atoms with van der Waals surface area (Å²) in [6.45, 7) is 6.22. The lowest BCUT2D eigenvalue weighted by Crippen LogP contribution is -2.21. The number of aryl methyl sites for hydroxylation is 1. The van der Waals surface area contributed by atoms with Crippen molar-refractivity contribution in [2.75, 3.05) is 11.5 Å². The maximum atomic E-state index is 6.16. The van der Waals surface area contributed by atoms with Gasteiger partial charge in [0.05, 0.1) is 5.25 Å². The molecule has 0 amide bonds. The quantitative estimate of drug-likeness (QED) is 0.767. The number of hydrogen-bond acceptors (Lipinski definition) is 4. The standard InChI is InChI=1S/C12H17ClN2S2/c1-4-9-10(17-6-5-16-9)12-14-8(3)7(2)11(13)15-12/h9-10H,4-6H2,1-3H3. The first-order valence-electron chi connectivity index (χ1n) is 5.87. The molecular formula is C12H17ClN2S2. The zero-order valence-corrected chi connectivity index (χ0v) is 12.8. The molecule has 1 aliphatic heterocycles. The summed E-state index contributed by atoms with van der Waals surface area (Å²) in [6, 6.07) is 0. The molecule has 2 nitrogen and oxygen atoms in total. The van der Waals surface area contributed by atoms with E-state index in [1.165, 1.54) is 11.5 Å². The van der Waals surface area contributed by atoms with Crippen molar-refractivity contribution in [1.29, 1.82) is 0 Å². The lowest BCUT2D eigenvalue weighted by Gasteiger charge is -2.29. The normalized spacial score (nSPS) is 24.9. The van der Waals surface area contributed by atoms with E-state index in [0.29, 0.717) is 15.7 Å². The van der Waals surface area contributed by atoms with Crippen LogP contribution < -0.4 is 0 Å². The predicted molar refractivity (Wildman–Crippen MR) is 78.3 cm³/mol. The van der Waals surface area contributed by atoms with Gasteiger partial charge < -0.3 is 0 Å². The molecule has 1 aromatic heterocycles. The highest BCUT2D eigenvalue weighted by molar-refractivity contribution is 8.06. The molecule has 94 valence electrons. The Bertz CT molecular complexity index is 388. The van der Waals surface area contributed by atoms with Crippen LogP contribution in [-0.4, -0.2) is 26.7 Å². The molecule has 0 saturated carbocycles. The van der Waals surface area contributed by atoms with Crippen LogP contribution in [-0.2, 0) is 0 Å². The molecule has 0 N–H and O–H groups in total. The van der Waals surface area contributed by atoms with Gasteiger partial charge in [0.15, 0.2) is 0 Å². The van der Waals surface area contributed by atoms with E-state index in [2.05, 4.69) is 16.9 Å². The summed E-state index contributed by atoms with van der Waals surface area (Å²) >= 11 is 10.2. The summed E-state index contributed by atoms with van der Waals surface area (Å²) in [6.07, 6.45) is 1.16. The first-order valence-corrected chi connectivity index (χ1v) is 8.35. The van der Waals surface area contributed by atoms with Crippen molar-refractivity contribution in [1.82, 2.24) is 9.97 Å². The number of halogens is 1. The average Bonchev–Trinajstić information content (AvgIpc) is 2.35. The van der Waals surface area contributed by atoms with Crippen molar-refractivity contribution in [2.45, 2.75) is 37.7 Å². The molecule has 1 aromatic rings. The van der Waals surface area contributed by atoms with Crippen LogP contribution in [0, 0.1) is 13.8 Å². The third kappa shape index (κ3) is 2.91. The molecule has 0 aliphatic carbocycles. The molecule has 0 bridgehead atoms. The third-order valence-electron chi connectivity index (χ3n) is 3.05. The highest BCUT2D eigenvalue weighted by Gasteiger charge is 2.29. The Kier molecular flexibility index (Phi) is 4.61. The first-order chi connectivity index (χ1) is 8.13. The SMILES string of the molecule is CCC1SCCSC1c1nc(C)c(C)c(Cl)n1. The minimum Gasteiger partial charge on any atom is -0.237 e. The van der Waals surface area contributed by atoms with E-state index in [1.807, 2.05) is 37.4 Å². The Hall–Kier alpha value is 0.0700. The maximum Gasteiger partial charge on any atom is 0.144 e. The van der Waals surface area contributed by atoms with E-state index in [0.717, 1.165) is 23.5 Å². The fourth-order valence-corrected chi connectivity index (χ4v) is 5.10. The zero-order chi connectivity index (χ0) is 12.4. The van der Waals surface area contributed by atoms with Crippen molar-refractivity contribution < 1.29 is 0 Å². The van der Waals surface area contributed by atoms with E-state index < -0.39 is 0 Å². The third-order valence-corrected chi connectivity index (χ3v) is 6.66. The molecule has 0 spiro atoms. The Morgan fingerprint density at radius 2 is 1.94 bits per heavy atom. The van der Waals surface area contributed by atoms with Crippen molar-refractivity contribution in [3.63, 3.8) is 0 Å². The molecule has 5 heteroatoms. The monoisotopic (exact) mass is 288 g/mol. The molecule has 1 aliphatic rings. The van der Waals surface area contributed by atoms with Crippen molar-refractivity contribution in [3.8, 4) is 0 Å². The van der Waals surface area contributed by atoms with Gasteiger partial charge in [-0.2, -0.15) is 11.8 Å². The molecular weight excluding hydrogens is 272 g/mol. The lowest BCUT2D eigenvalue weighted by molar-refractivity contribution is 0.743. The Morgan fingerprint density at radius 1 is 1.24 bits per heavy atom. The predicted octanol–water partition coefficient (Wildman–Crippen LogP) is 4.05. The zero-order valence-electron chi connectivity index (χ0n) is 10.4. The second-order valence-electron chi connectivity index (χ2n) is 4.19. The molecule has 2 rings (SSSR count). The van der Waals surface area contributed by atoms with E-state index in [9.17, 15) is 0 Å². The van der Waals surface area contributed by atoms with Crippen LogP contribution in [0.15, 0.2) is 0 Å². The summed E-state index contributed by atoms with van der Waals surface area (Å²) in [5.74, 6) is 3.33. The summed E-state index contributed by atoms with van der Waals surface area (Å²) in [4.78, 5) is 9.10. The fourth-order valence-electron chi connectivity index (χ4n) is 1.88. The Balaban J connectivity index is 2.32. The molecule has 0 radical (unpaired) electrons. The number of hydrogen-bond donors (Lipinski definition) is 0. The van der Waals surface area contributed by atoms with Gasteiger partial charge >= 0.3 is 0 Å². The first kappa shape index (κ1) is 13.5. The summed E-state index contributed by atoms with van der Waals surface area (Å²) in [5, 5.41) is 1.63. The van der Waals surface area contributed by atoms with Crippen molar-refractivity contribution >= 4 is 35.1 Å². The van der Waals surface area contributed by atoms with E-state index in [1.54, 1.807) is 0 Å². The highest BCUT2D eigenvalue weighted by Crippen LogP contribution is 2.43. The van der Waals surface area contributed by atoms with Gasteiger partial charge in [-0.05, 0) is 20.3 Å². The molecule has 2 atom stereocenters. The molecule has 17 heavy (non-hydrogen) atoms. The van der Waals surface area contributed by atoms with Gasteiger partial charge in [-0.25, -0.2) is 9.97 Å². The second kappa shape index (κ2) is 5.81. The largest absolute Gasteiger partial charge is 0.237 e. The molecule has 0 aromatic carbocycles. The highest BCUT2D eigenvalue weighted by atomic mass is 35.5. The number of rotatable bonds is 2. The molecule has 1 saturated heterocycles. The van der Waals surface area contributed by atoms with Crippen LogP contribution in [0.5, 0.6) is 0 Å². The Morgan fingerprint density at radius 3 is 2.59 bits per heavy atom. The number of thioether (sulfide) groups is 2. The van der Waals surface area contributed by atoms with Crippen LogP contribution in [0.25, 0.3) is 0 Å². The number of nitrogens with zero attached hydrogens (tertiary/aromatic N) is 2. The maximum absolute atomic E-state index is 6.16. The Labute approximate surface area is 116 Å². The topological polar surface area (TPSA) is 25.8 Å². The molecule has 2 heterocycles. The van der Waals surface area contributed by atoms with Crippen LogP contribution in [0.1, 0.15) is 35.7 Å². The van der Waals surface area contributed by atoms with Gasteiger partial charge in [0, 0.05) is 28.0 Å². The van der Waals surface area contributed by atoms with Crippen molar-refractivity contribution in [3.05, 3.63) is 22.2 Å². The average molecular weight is 289 g/mol. The summed E-state index contributed by atoms with van der Waals surface area (Å²) in [5.41, 5.74) is 2.00. The van der Waals surface area contributed by atoms with Gasteiger partial charge in [-0.15, -0.1) is 11.8 Å². The van der Waals surface area contributed by atoms with Crippen LogP contribution in [0.4, 0.5) is 0 Å². The molecule has 2 unspecified atom stereocenters. The minimum atomic E-state index is 0.399. The molecule has 1 fully saturated rings. The van der Waals surface area contributed by atoms with Crippen LogP contribution in [0.3, 0.4) is 0 Å². The van der Waals surface area contributed by atoms with Gasteiger partial charge in [0.2, 0.25) is 0 Å². The fraction of sp³-hybridized carbons (Fsp3) is 0.667. The summed E-state index contributed by atoms with van der Waals surface area (Å²) < 4.78 is 0. The van der Waals surface area contributed by atoms with Gasteiger partial charge in [-0.3, -0.25) is 0 Å². The smallest absolute Gasteiger partial charge is 0.144 e. The lowest BCUT2D eigenvalue weighted by atomic mass is 10.2. The van der Waals surface area contributed by atoms with Crippen LogP contribution in [0.2, 0.25) is 5.15 Å². The number of aromatic nitrogens is 2. The van der Waals surface area contributed by atoms with Crippen LogP contribution >= 0.6 is 35.1 Å². The van der Waals surface area contributed by atoms with Gasteiger partial charge in [-0.1, -0.05) is 18.5 Å². The van der Waals surface area contributed by atoms with E-state index >= 15 is 0 Å². The summed E-state index contributed by atoms with van der Waals surface area (Å²) in [7, 11) is 0. The second-order valence-corrected chi connectivity index (χ2v) is 7.15. The van der Waals surface area contributed by atoms with E-state index in [-0.39, 0.29) is 0 Å². The van der Waals surface area contributed by atoms with Crippen molar-refractivity contribution in [2.24, 2.45) is 0 Å². The van der Waals surface area contributed by atoms with Gasteiger partial charge in [0.25, 0.3) is 0 Å².